The lowest BCUT2D eigenvalue weighted by molar-refractivity contribution is 0.296. The van der Waals surface area contributed by atoms with Crippen molar-refractivity contribution in [1.82, 2.24) is 20.2 Å². The first-order valence-electron chi connectivity index (χ1n) is 5.12. The van der Waals surface area contributed by atoms with E-state index in [1.165, 1.54) is 11.8 Å². The molecule has 0 saturated heterocycles. The quantitative estimate of drug-likeness (QED) is 0.606. The number of aromatic hydroxyl groups is 1. The molecule has 0 unspecified atom stereocenters. The van der Waals surface area contributed by atoms with E-state index < -0.39 is 0 Å². The molecule has 0 aliphatic heterocycles. The molecular weight excluding hydrogens is 240 g/mol. The number of aliphatic hydroxyl groups is 1. The van der Waals surface area contributed by atoms with Crippen molar-refractivity contribution < 1.29 is 10.2 Å². The van der Waals surface area contributed by atoms with Crippen LogP contribution in [-0.2, 0) is 0 Å². The fourth-order valence-corrected chi connectivity index (χ4v) is 2.07. The monoisotopic (exact) mass is 252 g/mol. The molecule has 2 rings (SSSR count). The molecule has 0 amide bonds. The molecule has 1 heterocycles. The lowest BCUT2D eigenvalue weighted by Gasteiger charge is -2.03. The molecule has 0 atom stereocenters. The van der Waals surface area contributed by atoms with Crippen LogP contribution in [0.5, 0.6) is 5.75 Å². The predicted molar refractivity (Wildman–Crippen MR) is 63.2 cm³/mol. The van der Waals surface area contributed by atoms with Crippen LogP contribution < -0.4 is 0 Å². The summed E-state index contributed by atoms with van der Waals surface area (Å²) in [5.41, 5.74) is 0.791. The van der Waals surface area contributed by atoms with Crippen LogP contribution in [-0.4, -0.2) is 42.8 Å². The molecule has 0 aliphatic rings. The normalized spacial score (nSPS) is 10.6. The summed E-state index contributed by atoms with van der Waals surface area (Å²) in [6.45, 7) is 0.160. The SMILES string of the molecule is OCCCSc1nnnn1-c1ccc(O)cc1. The van der Waals surface area contributed by atoms with E-state index in [1.807, 2.05) is 0 Å². The molecule has 1 aromatic heterocycles. The Hall–Kier alpha value is -1.60. The van der Waals surface area contributed by atoms with Gasteiger partial charge in [0.15, 0.2) is 0 Å². The molecule has 90 valence electrons. The van der Waals surface area contributed by atoms with Gasteiger partial charge in [-0.1, -0.05) is 11.8 Å². The molecule has 0 fully saturated rings. The minimum absolute atomic E-state index is 0.160. The lowest BCUT2D eigenvalue weighted by atomic mass is 10.3. The second kappa shape index (κ2) is 5.65. The molecular formula is C10H12N4O2S. The molecule has 6 nitrogen and oxygen atoms in total. The topological polar surface area (TPSA) is 84.1 Å². The molecule has 0 bridgehead atoms. The largest absolute Gasteiger partial charge is 0.508 e. The molecule has 17 heavy (non-hydrogen) atoms. The van der Waals surface area contributed by atoms with Crippen LogP contribution in [0, 0.1) is 0 Å². The number of hydrogen-bond acceptors (Lipinski definition) is 6. The average Bonchev–Trinajstić information content (AvgIpc) is 2.79. The van der Waals surface area contributed by atoms with Crippen molar-refractivity contribution in [3.05, 3.63) is 24.3 Å². The Balaban J connectivity index is 2.15. The highest BCUT2D eigenvalue weighted by Crippen LogP contribution is 2.20. The Morgan fingerprint density at radius 3 is 2.71 bits per heavy atom. The van der Waals surface area contributed by atoms with Gasteiger partial charge >= 0.3 is 0 Å². The Kier molecular flexibility index (Phi) is 3.94. The second-order valence-corrected chi connectivity index (χ2v) is 4.38. The molecule has 2 aromatic rings. The van der Waals surface area contributed by atoms with Crippen LogP contribution in [0.2, 0.25) is 0 Å². The van der Waals surface area contributed by atoms with E-state index in [-0.39, 0.29) is 12.4 Å². The van der Waals surface area contributed by atoms with E-state index in [0.717, 1.165) is 11.4 Å². The smallest absolute Gasteiger partial charge is 0.214 e. The van der Waals surface area contributed by atoms with E-state index in [0.29, 0.717) is 11.6 Å². The van der Waals surface area contributed by atoms with E-state index >= 15 is 0 Å². The zero-order valence-electron chi connectivity index (χ0n) is 9.02. The van der Waals surface area contributed by atoms with E-state index in [2.05, 4.69) is 15.5 Å². The van der Waals surface area contributed by atoms with Gasteiger partial charge in [-0.2, -0.15) is 4.68 Å². The first-order chi connectivity index (χ1) is 8.31. The average molecular weight is 252 g/mol. The van der Waals surface area contributed by atoms with Gasteiger partial charge in [-0.3, -0.25) is 0 Å². The summed E-state index contributed by atoms with van der Waals surface area (Å²) in [6, 6.07) is 6.64. The van der Waals surface area contributed by atoms with Crippen molar-refractivity contribution in [1.29, 1.82) is 0 Å². The molecule has 0 saturated carbocycles. The van der Waals surface area contributed by atoms with Crippen LogP contribution in [0.1, 0.15) is 6.42 Å². The van der Waals surface area contributed by atoms with E-state index in [1.54, 1.807) is 28.9 Å². The van der Waals surface area contributed by atoms with Crippen molar-refractivity contribution in [2.75, 3.05) is 12.4 Å². The highest BCUT2D eigenvalue weighted by molar-refractivity contribution is 7.99. The van der Waals surface area contributed by atoms with Crippen molar-refractivity contribution in [3.8, 4) is 11.4 Å². The number of nitrogens with zero attached hydrogens (tertiary/aromatic N) is 4. The van der Waals surface area contributed by atoms with Gasteiger partial charge in [0.25, 0.3) is 0 Å². The van der Waals surface area contributed by atoms with Crippen LogP contribution in [0.25, 0.3) is 5.69 Å². The summed E-state index contributed by atoms with van der Waals surface area (Å²) in [5, 5.41) is 30.0. The van der Waals surface area contributed by atoms with Crippen LogP contribution in [0.3, 0.4) is 0 Å². The lowest BCUT2D eigenvalue weighted by Crippen LogP contribution is -1.99. The molecule has 0 radical (unpaired) electrons. The number of thioether (sulfide) groups is 1. The molecule has 2 N–H and O–H groups in total. The van der Waals surface area contributed by atoms with Crippen molar-refractivity contribution in [2.45, 2.75) is 11.6 Å². The summed E-state index contributed by atoms with van der Waals surface area (Å²) in [6.07, 6.45) is 0.701. The summed E-state index contributed by atoms with van der Waals surface area (Å²) in [4.78, 5) is 0. The fourth-order valence-electron chi connectivity index (χ4n) is 1.25. The molecule has 0 spiro atoms. The molecule has 0 aliphatic carbocycles. The number of benzene rings is 1. The summed E-state index contributed by atoms with van der Waals surface area (Å²) in [7, 11) is 0. The van der Waals surface area contributed by atoms with Gasteiger partial charge in [0.1, 0.15) is 5.75 Å². The summed E-state index contributed by atoms with van der Waals surface area (Å²) < 4.78 is 1.60. The van der Waals surface area contributed by atoms with E-state index in [4.69, 9.17) is 5.11 Å². The van der Waals surface area contributed by atoms with Crippen LogP contribution in [0.15, 0.2) is 29.4 Å². The van der Waals surface area contributed by atoms with Crippen molar-refractivity contribution in [2.24, 2.45) is 0 Å². The zero-order valence-corrected chi connectivity index (χ0v) is 9.84. The standard InChI is InChI=1S/C10H12N4O2S/c15-6-1-7-17-10-11-12-13-14(10)8-2-4-9(16)5-3-8/h2-5,15-16H,1,6-7H2. The second-order valence-electron chi connectivity index (χ2n) is 3.32. The van der Waals surface area contributed by atoms with E-state index in [9.17, 15) is 5.11 Å². The van der Waals surface area contributed by atoms with Crippen molar-refractivity contribution >= 4 is 11.8 Å². The number of hydrogen-bond donors (Lipinski definition) is 2. The maximum atomic E-state index is 9.20. The van der Waals surface area contributed by atoms with Crippen LogP contribution >= 0.6 is 11.8 Å². The number of tetrazole rings is 1. The number of phenols is 1. The number of aromatic nitrogens is 4. The number of rotatable bonds is 5. The first-order valence-corrected chi connectivity index (χ1v) is 6.11. The Morgan fingerprint density at radius 1 is 1.24 bits per heavy atom. The van der Waals surface area contributed by atoms with Gasteiger partial charge in [-0.15, -0.1) is 5.10 Å². The number of aliphatic hydroxyl groups excluding tert-OH is 1. The summed E-state index contributed by atoms with van der Waals surface area (Å²) >= 11 is 1.48. The Bertz CT molecular complexity index is 471. The minimum Gasteiger partial charge on any atom is -0.508 e. The Labute approximate surface area is 102 Å². The highest BCUT2D eigenvalue weighted by atomic mass is 32.2. The molecule has 7 heteroatoms. The fraction of sp³-hybridized carbons (Fsp3) is 0.300. The van der Waals surface area contributed by atoms with Gasteiger partial charge in [0, 0.05) is 12.4 Å². The van der Waals surface area contributed by atoms with Gasteiger partial charge < -0.3 is 10.2 Å². The third kappa shape index (κ3) is 2.95. The maximum absolute atomic E-state index is 9.20. The summed E-state index contributed by atoms with van der Waals surface area (Å²) in [5.74, 6) is 0.964. The first kappa shape index (κ1) is 11.9. The predicted octanol–water partition coefficient (Wildman–Crippen LogP) is 0.842. The van der Waals surface area contributed by atoms with Crippen molar-refractivity contribution in [3.63, 3.8) is 0 Å². The minimum atomic E-state index is 0.160. The third-order valence-corrected chi connectivity index (χ3v) is 3.07. The van der Waals surface area contributed by atoms with Gasteiger partial charge in [-0.05, 0) is 41.1 Å². The number of phenolic OH excluding ortho intramolecular Hbond substituents is 1. The zero-order chi connectivity index (χ0) is 12.1. The van der Waals surface area contributed by atoms with Gasteiger partial charge in [0.05, 0.1) is 5.69 Å². The Morgan fingerprint density at radius 2 is 2.00 bits per heavy atom. The highest BCUT2D eigenvalue weighted by Gasteiger charge is 2.08. The van der Waals surface area contributed by atoms with Gasteiger partial charge in [-0.25, -0.2) is 0 Å². The third-order valence-electron chi connectivity index (χ3n) is 2.07. The van der Waals surface area contributed by atoms with Gasteiger partial charge in [0.2, 0.25) is 5.16 Å². The maximum Gasteiger partial charge on any atom is 0.214 e. The molecule has 1 aromatic carbocycles. The van der Waals surface area contributed by atoms with Crippen LogP contribution in [0.4, 0.5) is 0 Å².